The van der Waals surface area contributed by atoms with Gasteiger partial charge in [-0.05, 0) is 31.5 Å². The van der Waals surface area contributed by atoms with Gasteiger partial charge in [0.1, 0.15) is 0 Å². The zero-order chi connectivity index (χ0) is 13.3. The lowest BCUT2D eigenvalue weighted by Crippen LogP contribution is -2.30. The van der Waals surface area contributed by atoms with Crippen LogP contribution in [0, 0.1) is 0 Å². The molecule has 5 nitrogen and oxygen atoms in total. The van der Waals surface area contributed by atoms with E-state index in [2.05, 4.69) is 0 Å². The molecule has 1 aliphatic heterocycles. The molecule has 0 spiro atoms. The summed E-state index contributed by atoms with van der Waals surface area (Å²) in [4.78, 5) is 13.7. The molecule has 5 heteroatoms. The molecule has 1 heterocycles. The second-order valence-corrected chi connectivity index (χ2v) is 4.94. The van der Waals surface area contributed by atoms with Gasteiger partial charge in [0.15, 0.2) is 0 Å². The predicted molar refractivity (Wildman–Crippen MR) is 69.6 cm³/mol. The van der Waals surface area contributed by atoms with Crippen LogP contribution >= 0.6 is 0 Å². The summed E-state index contributed by atoms with van der Waals surface area (Å²) in [5.41, 5.74) is 6.70. The summed E-state index contributed by atoms with van der Waals surface area (Å²) in [7, 11) is 1.34. The summed E-state index contributed by atoms with van der Waals surface area (Å²) in [6, 6.07) is 5.14. The number of ether oxygens (including phenoxy) is 1. The van der Waals surface area contributed by atoms with Crippen LogP contribution in [-0.4, -0.2) is 36.9 Å². The van der Waals surface area contributed by atoms with Crippen LogP contribution in [0.5, 0.6) is 0 Å². The third kappa shape index (κ3) is 2.41. The molecule has 0 aliphatic carbocycles. The number of nitrogens with two attached hydrogens (primary N) is 1. The summed E-state index contributed by atoms with van der Waals surface area (Å²) in [6.45, 7) is 3.00. The molecular formula is C13H18N2O3. The van der Waals surface area contributed by atoms with Crippen molar-refractivity contribution < 1.29 is 14.6 Å². The second-order valence-electron chi connectivity index (χ2n) is 4.94. The van der Waals surface area contributed by atoms with Crippen molar-refractivity contribution in [1.82, 2.24) is 0 Å². The molecule has 2 rings (SSSR count). The molecule has 1 saturated heterocycles. The van der Waals surface area contributed by atoms with E-state index in [0.717, 1.165) is 5.69 Å². The van der Waals surface area contributed by atoms with E-state index in [9.17, 15) is 9.90 Å². The van der Waals surface area contributed by atoms with E-state index in [-0.39, 0.29) is 0 Å². The first-order chi connectivity index (χ1) is 8.43. The van der Waals surface area contributed by atoms with E-state index >= 15 is 0 Å². The van der Waals surface area contributed by atoms with Gasteiger partial charge in [0.05, 0.1) is 24.0 Å². The van der Waals surface area contributed by atoms with E-state index in [1.165, 1.54) is 7.11 Å². The van der Waals surface area contributed by atoms with Crippen LogP contribution in [0.25, 0.3) is 0 Å². The molecule has 1 aromatic carbocycles. The molecule has 0 saturated carbocycles. The Balaban J connectivity index is 2.36. The maximum Gasteiger partial charge on any atom is 0.340 e. The predicted octanol–water partition coefficient (Wildman–Crippen LogP) is 1.02. The van der Waals surface area contributed by atoms with Crippen LogP contribution in [0.2, 0.25) is 0 Å². The molecule has 1 aliphatic rings. The maximum absolute atomic E-state index is 11.7. The number of carbonyl (C=O) groups is 1. The summed E-state index contributed by atoms with van der Waals surface area (Å²) in [5, 5.41) is 9.98. The van der Waals surface area contributed by atoms with Gasteiger partial charge in [0, 0.05) is 18.8 Å². The first-order valence-corrected chi connectivity index (χ1v) is 5.88. The fourth-order valence-electron chi connectivity index (χ4n) is 2.25. The van der Waals surface area contributed by atoms with Gasteiger partial charge in [-0.3, -0.25) is 0 Å². The third-order valence-electron chi connectivity index (χ3n) is 3.22. The number of esters is 1. The lowest BCUT2D eigenvalue weighted by molar-refractivity contribution is 0.0600. The Morgan fingerprint density at radius 3 is 2.83 bits per heavy atom. The van der Waals surface area contributed by atoms with Gasteiger partial charge in [0.25, 0.3) is 0 Å². The number of nitrogens with zero attached hydrogens (tertiary/aromatic N) is 1. The van der Waals surface area contributed by atoms with Gasteiger partial charge >= 0.3 is 5.97 Å². The standard InChI is InChI=1S/C13H18N2O3/c1-13(17)5-6-15(8-13)11-4-3-9(14)7-10(11)12(16)18-2/h3-4,7,17H,5-6,8,14H2,1-2H3. The number of nitrogen functional groups attached to an aromatic ring is 1. The summed E-state index contributed by atoms with van der Waals surface area (Å²) in [6.07, 6.45) is 0.679. The molecule has 1 atom stereocenters. The summed E-state index contributed by atoms with van der Waals surface area (Å²) >= 11 is 0. The molecule has 1 fully saturated rings. The maximum atomic E-state index is 11.7. The Hall–Kier alpha value is -1.75. The number of hydrogen-bond acceptors (Lipinski definition) is 5. The molecule has 0 radical (unpaired) electrons. The quantitative estimate of drug-likeness (QED) is 0.605. The van der Waals surface area contributed by atoms with E-state index in [1.54, 1.807) is 25.1 Å². The van der Waals surface area contributed by atoms with E-state index in [0.29, 0.717) is 30.8 Å². The van der Waals surface area contributed by atoms with Crippen molar-refractivity contribution in [3.05, 3.63) is 23.8 Å². The Labute approximate surface area is 106 Å². The van der Waals surface area contributed by atoms with E-state index in [4.69, 9.17) is 10.5 Å². The minimum Gasteiger partial charge on any atom is -0.465 e. The van der Waals surface area contributed by atoms with Crippen molar-refractivity contribution in [2.45, 2.75) is 18.9 Å². The number of carbonyl (C=O) groups excluding carboxylic acids is 1. The van der Waals surface area contributed by atoms with Crippen molar-refractivity contribution in [3.8, 4) is 0 Å². The van der Waals surface area contributed by atoms with Crippen molar-refractivity contribution >= 4 is 17.3 Å². The minimum atomic E-state index is -0.714. The normalized spacial score (nSPS) is 23.2. The smallest absolute Gasteiger partial charge is 0.340 e. The third-order valence-corrected chi connectivity index (χ3v) is 3.22. The van der Waals surface area contributed by atoms with Gasteiger partial charge in [-0.25, -0.2) is 4.79 Å². The number of benzene rings is 1. The van der Waals surface area contributed by atoms with Crippen LogP contribution in [0.3, 0.4) is 0 Å². The van der Waals surface area contributed by atoms with Gasteiger partial charge in [-0.1, -0.05) is 0 Å². The lowest BCUT2D eigenvalue weighted by atomic mass is 10.1. The van der Waals surface area contributed by atoms with E-state index in [1.807, 2.05) is 4.90 Å². The number of anilines is 2. The summed E-state index contributed by atoms with van der Waals surface area (Å²) < 4.78 is 4.76. The van der Waals surface area contributed by atoms with Crippen molar-refractivity contribution in [2.75, 3.05) is 30.8 Å². The first-order valence-electron chi connectivity index (χ1n) is 5.88. The van der Waals surface area contributed by atoms with Gasteiger partial charge in [-0.15, -0.1) is 0 Å². The molecule has 3 N–H and O–H groups in total. The highest BCUT2D eigenvalue weighted by Gasteiger charge is 2.33. The van der Waals surface area contributed by atoms with Crippen LogP contribution in [0.15, 0.2) is 18.2 Å². The Bertz CT molecular complexity index is 471. The van der Waals surface area contributed by atoms with Crippen molar-refractivity contribution in [1.29, 1.82) is 0 Å². The summed E-state index contributed by atoms with van der Waals surface area (Å²) in [5.74, 6) is -0.413. The minimum absolute atomic E-state index is 0.413. The average Bonchev–Trinajstić information content (AvgIpc) is 2.68. The number of hydrogen-bond donors (Lipinski definition) is 2. The molecule has 0 bridgehead atoms. The number of β-amino-alcohol motifs (C(OH)–C–C–N with tert-alkyl or cyclic N) is 1. The molecule has 0 amide bonds. The molecule has 18 heavy (non-hydrogen) atoms. The number of methoxy groups -OCH3 is 1. The average molecular weight is 250 g/mol. The van der Waals surface area contributed by atoms with Gasteiger partial charge in [-0.2, -0.15) is 0 Å². The van der Waals surface area contributed by atoms with E-state index < -0.39 is 11.6 Å². The zero-order valence-corrected chi connectivity index (χ0v) is 10.6. The SMILES string of the molecule is COC(=O)c1cc(N)ccc1N1CCC(C)(O)C1. The van der Waals surface area contributed by atoms with Crippen LogP contribution in [0.1, 0.15) is 23.7 Å². The highest BCUT2D eigenvalue weighted by atomic mass is 16.5. The fourth-order valence-corrected chi connectivity index (χ4v) is 2.25. The molecular weight excluding hydrogens is 232 g/mol. The molecule has 1 aromatic rings. The van der Waals surface area contributed by atoms with Crippen LogP contribution in [0.4, 0.5) is 11.4 Å². The topological polar surface area (TPSA) is 75.8 Å². The largest absolute Gasteiger partial charge is 0.465 e. The molecule has 0 aromatic heterocycles. The zero-order valence-electron chi connectivity index (χ0n) is 10.6. The van der Waals surface area contributed by atoms with Crippen molar-refractivity contribution in [3.63, 3.8) is 0 Å². The Morgan fingerprint density at radius 2 is 2.28 bits per heavy atom. The molecule has 1 unspecified atom stereocenters. The highest BCUT2D eigenvalue weighted by Crippen LogP contribution is 2.30. The Morgan fingerprint density at radius 1 is 1.56 bits per heavy atom. The Kier molecular flexibility index (Phi) is 3.17. The first kappa shape index (κ1) is 12.7. The second kappa shape index (κ2) is 4.49. The fraction of sp³-hybridized carbons (Fsp3) is 0.462. The monoisotopic (exact) mass is 250 g/mol. The van der Waals surface area contributed by atoms with Crippen LogP contribution in [-0.2, 0) is 4.74 Å². The van der Waals surface area contributed by atoms with Crippen molar-refractivity contribution in [2.24, 2.45) is 0 Å². The van der Waals surface area contributed by atoms with Gasteiger partial charge in [0.2, 0.25) is 0 Å². The number of rotatable bonds is 2. The highest BCUT2D eigenvalue weighted by molar-refractivity contribution is 5.97. The van der Waals surface area contributed by atoms with Crippen LogP contribution < -0.4 is 10.6 Å². The lowest BCUT2D eigenvalue weighted by Gasteiger charge is -2.23. The van der Waals surface area contributed by atoms with Gasteiger partial charge < -0.3 is 20.5 Å². The molecule has 98 valence electrons. The number of aliphatic hydroxyl groups is 1.